The second-order valence-corrected chi connectivity index (χ2v) is 5.47. The number of benzene rings is 1. The molecule has 0 radical (unpaired) electrons. The van der Waals surface area contributed by atoms with Gasteiger partial charge < -0.3 is 4.74 Å². The van der Waals surface area contributed by atoms with E-state index in [0.717, 1.165) is 28.0 Å². The van der Waals surface area contributed by atoms with Crippen LogP contribution in [0, 0.1) is 11.8 Å². The Labute approximate surface area is 145 Å². The van der Waals surface area contributed by atoms with Gasteiger partial charge in [0.05, 0.1) is 7.11 Å². The first-order chi connectivity index (χ1) is 12.3. The summed E-state index contributed by atoms with van der Waals surface area (Å²) in [6.07, 6.45) is 5.43. The molecule has 0 spiro atoms. The summed E-state index contributed by atoms with van der Waals surface area (Å²) in [7, 11) is 1.61. The molecule has 4 rings (SSSR count). The van der Waals surface area contributed by atoms with E-state index in [9.17, 15) is 0 Å². The Morgan fingerprint density at radius 2 is 1.84 bits per heavy atom. The Morgan fingerprint density at radius 1 is 0.960 bits per heavy atom. The van der Waals surface area contributed by atoms with Crippen molar-refractivity contribution in [1.82, 2.24) is 14.4 Å². The summed E-state index contributed by atoms with van der Waals surface area (Å²) in [4.78, 5) is 8.63. The topological polar surface area (TPSA) is 39.4 Å². The van der Waals surface area contributed by atoms with Gasteiger partial charge in [0, 0.05) is 24.2 Å². The highest BCUT2D eigenvalue weighted by Gasteiger charge is 2.11. The summed E-state index contributed by atoms with van der Waals surface area (Å²) in [6, 6.07) is 18.1. The summed E-state index contributed by atoms with van der Waals surface area (Å²) >= 11 is 0. The van der Waals surface area contributed by atoms with Crippen LogP contribution in [0.15, 0.2) is 73.2 Å². The number of imidazole rings is 1. The van der Waals surface area contributed by atoms with Gasteiger partial charge in [-0.1, -0.05) is 36.3 Å². The number of aromatic nitrogens is 3. The lowest BCUT2D eigenvalue weighted by atomic mass is 10.1. The van der Waals surface area contributed by atoms with Crippen LogP contribution in [-0.4, -0.2) is 21.5 Å². The zero-order valence-electron chi connectivity index (χ0n) is 13.7. The predicted octanol–water partition coefficient (Wildman–Crippen LogP) is 3.80. The summed E-state index contributed by atoms with van der Waals surface area (Å²) in [5.41, 5.74) is 4.62. The maximum absolute atomic E-state index is 5.41. The second kappa shape index (κ2) is 6.50. The number of methoxy groups -OCH3 is 1. The molecule has 0 fully saturated rings. The van der Waals surface area contributed by atoms with Crippen molar-refractivity contribution in [3.05, 3.63) is 84.4 Å². The second-order valence-electron chi connectivity index (χ2n) is 5.47. The van der Waals surface area contributed by atoms with Gasteiger partial charge in [0.15, 0.2) is 5.69 Å². The monoisotopic (exact) mass is 325 g/mol. The summed E-state index contributed by atoms with van der Waals surface area (Å²) in [5.74, 6) is 6.77. The maximum atomic E-state index is 5.41. The van der Waals surface area contributed by atoms with Crippen LogP contribution in [0.3, 0.4) is 0 Å². The Morgan fingerprint density at radius 3 is 2.60 bits per heavy atom. The highest BCUT2D eigenvalue weighted by Crippen LogP contribution is 2.24. The van der Waals surface area contributed by atoms with E-state index < -0.39 is 0 Å². The molecule has 0 aliphatic rings. The number of hydrogen-bond acceptors (Lipinski definition) is 3. The van der Waals surface area contributed by atoms with Crippen molar-refractivity contribution in [2.75, 3.05) is 7.11 Å². The number of pyridine rings is 2. The minimum Gasteiger partial charge on any atom is -0.479 e. The van der Waals surface area contributed by atoms with Gasteiger partial charge in [-0.15, -0.1) is 0 Å². The molecule has 3 heterocycles. The normalized spacial score (nSPS) is 10.3. The molecule has 0 amide bonds. The van der Waals surface area contributed by atoms with E-state index in [0.29, 0.717) is 5.88 Å². The van der Waals surface area contributed by atoms with Crippen LogP contribution in [-0.2, 0) is 0 Å². The number of rotatable bonds is 2. The van der Waals surface area contributed by atoms with Crippen LogP contribution in [0.25, 0.3) is 16.8 Å². The minimum atomic E-state index is 0.515. The van der Waals surface area contributed by atoms with E-state index in [1.807, 2.05) is 47.0 Å². The van der Waals surface area contributed by atoms with Crippen LogP contribution in [0.5, 0.6) is 5.88 Å². The van der Waals surface area contributed by atoms with Gasteiger partial charge in [0.25, 0.3) is 0 Å². The average molecular weight is 325 g/mol. The van der Waals surface area contributed by atoms with Gasteiger partial charge in [-0.05, 0) is 41.3 Å². The van der Waals surface area contributed by atoms with Gasteiger partial charge in [-0.3, -0.25) is 9.38 Å². The van der Waals surface area contributed by atoms with E-state index in [-0.39, 0.29) is 0 Å². The third kappa shape index (κ3) is 2.96. The van der Waals surface area contributed by atoms with Crippen LogP contribution in [0.2, 0.25) is 0 Å². The smallest absolute Gasteiger partial charge is 0.249 e. The predicted molar refractivity (Wildman–Crippen MR) is 97.4 cm³/mol. The molecule has 0 aliphatic carbocycles. The number of fused-ring (bicyclic) bond motifs is 1. The van der Waals surface area contributed by atoms with Gasteiger partial charge in [-0.2, -0.15) is 4.98 Å². The van der Waals surface area contributed by atoms with Crippen molar-refractivity contribution >= 4 is 5.65 Å². The molecule has 120 valence electrons. The molecule has 0 atom stereocenters. The summed E-state index contributed by atoms with van der Waals surface area (Å²) in [6.45, 7) is 0. The van der Waals surface area contributed by atoms with Gasteiger partial charge in [-0.25, -0.2) is 0 Å². The fourth-order valence-electron chi connectivity index (χ4n) is 2.66. The molecule has 0 unspecified atom stereocenters. The summed E-state index contributed by atoms with van der Waals surface area (Å²) < 4.78 is 7.35. The largest absolute Gasteiger partial charge is 0.479 e. The zero-order chi connectivity index (χ0) is 17.1. The van der Waals surface area contributed by atoms with Crippen molar-refractivity contribution in [2.45, 2.75) is 0 Å². The molecule has 0 N–H and O–H groups in total. The van der Waals surface area contributed by atoms with E-state index in [4.69, 9.17) is 4.74 Å². The van der Waals surface area contributed by atoms with Gasteiger partial charge in [0.1, 0.15) is 5.65 Å². The van der Waals surface area contributed by atoms with Gasteiger partial charge in [0.2, 0.25) is 5.88 Å². The fourth-order valence-corrected chi connectivity index (χ4v) is 2.66. The van der Waals surface area contributed by atoms with Crippen molar-refractivity contribution in [2.24, 2.45) is 0 Å². The van der Waals surface area contributed by atoms with Crippen molar-refractivity contribution in [3.63, 3.8) is 0 Å². The Kier molecular flexibility index (Phi) is 3.89. The lowest BCUT2D eigenvalue weighted by molar-refractivity contribution is 0.399. The Hall–Kier alpha value is -3.58. The van der Waals surface area contributed by atoms with Crippen molar-refractivity contribution in [1.29, 1.82) is 0 Å². The number of hydrogen-bond donors (Lipinski definition) is 0. The molecule has 25 heavy (non-hydrogen) atoms. The molecule has 0 bridgehead atoms. The molecular formula is C21H15N3O. The molecule has 4 nitrogen and oxygen atoms in total. The summed E-state index contributed by atoms with van der Waals surface area (Å²) in [5, 5.41) is 0. The first-order valence-corrected chi connectivity index (χ1v) is 7.89. The van der Waals surface area contributed by atoms with E-state index in [1.54, 1.807) is 19.5 Å². The highest BCUT2D eigenvalue weighted by atomic mass is 16.5. The first-order valence-electron chi connectivity index (χ1n) is 7.89. The fraction of sp³-hybridized carbons (Fsp3) is 0.0476. The van der Waals surface area contributed by atoms with E-state index in [1.165, 1.54) is 0 Å². The van der Waals surface area contributed by atoms with E-state index >= 15 is 0 Å². The lowest BCUT2D eigenvalue weighted by Crippen LogP contribution is -1.91. The standard InChI is InChI=1S/C21H15N3O/c1-25-21-19(10-9-16-6-5-12-22-15-16)24-13-11-18(14-20(24)23-21)17-7-3-2-4-8-17/h2-8,11-15H,1H3. The molecule has 0 saturated heterocycles. The Balaban J connectivity index is 1.81. The van der Waals surface area contributed by atoms with Crippen molar-refractivity contribution in [3.8, 4) is 28.8 Å². The lowest BCUT2D eigenvalue weighted by Gasteiger charge is -2.02. The third-order valence-electron chi connectivity index (χ3n) is 3.88. The molecule has 3 aromatic heterocycles. The maximum Gasteiger partial charge on any atom is 0.249 e. The average Bonchev–Trinajstić information content (AvgIpc) is 3.04. The zero-order valence-corrected chi connectivity index (χ0v) is 13.7. The van der Waals surface area contributed by atoms with Crippen LogP contribution in [0.4, 0.5) is 0 Å². The Bertz CT molecular complexity index is 1070. The minimum absolute atomic E-state index is 0.515. The molecule has 0 aliphatic heterocycles. The number of nitrogens with zero attached hydrogens (tertiary/aromatic N) is 3. The molecule has 0 saturated carbocycles. The third-order valence-corrected chi connectivity index (χ3v) is 3.88. The highest BCUT2D eigenvalue weighted by molar-refractivity contribution is 5.68. The molecule has 4 heteroatoms. The van der Waals surface area contributed by atoms with Gasteiger partial charge >= 0.3 is 0 Å². The quantitative estimate of drug-likeness (QED) is 0.526. The van der Waals surface area contributed by atoms with Crippen LogP contribution < -0.4 is 4.74 Å². The molecule has 4 aromatic rings. The van der Waals surface area contributed by atoms with Crippen LogP contribution >= 0.6 is 0 Å². The first kappa shape index (κ1) is 15.0. The number of ether oxygens (including phenoxy) is 1. The van der Waals surface area contributed by atoms with Crippen molar-refractivity contribution < 1.29 is 4.74 Å². The molecular weight excluding hydrogens is 310 g/mol. The SMILES string of the molecule is COc1nc2cc(-c3ccccc3)ccn2c1C#Cc1cccnc1. The molecule has 1 aromatic carbocycles. The van der Waals surface area contributed by atoms with E-state index in [2.05, 4.69) is 40.0 Å². The van der Waals surface area contributed by atoms with Crippen LogP contribution in [0.1, 0.15) is 11.3 Å².